The number of ether oxygens (including phenoxy) is 1. The molecule has 2 saturated heterocycles. The highest BCUT2D eigenvalue weighted by Crippen LogP contribution is 2.31. The van der Waals surface area contributed by atoms with E-state index < -0.39 is 11.7 Å². The molecule has 1 unspecified atom stereocenters. The van der Waals surface area contributed by atoms with Gasteiger partial charge in [0.15, 0.2) is 0 Å². The van der Waals surface area contributed by atoms with Gasteiger partial charge in [-0.1, -0.05) is 48.5 Å². The summed E-state index contributed by atoms with van der Waals surface area (Å²) in [6, 6.07) is 25.2. The van der Waals surface area contributed by atoms with E-state index in [0.717, 1.165) is 83.6 Å². The van der Waals surface area contributed by atoms with E-state index >= 15 is 0 Å². The summed E-state index contributed by atoms with van der Waals surface area (Å²) in [5.41, 5.74) is 10.1. The Morgan fingerprint density at radius 1 is 0.944 bits per heavy atom. The number of rotatable bonds is 10. The van der Waals surface area contributed by atoms with Gasteiger partial charge < -0.3 is 20.3 Å². The Balaban J connectivity index is 0.937. The number of anilines is 1. The normalized spacial score (nSPS) is 17.0. The number of piperidine rings is 2. The lowest BCUT2D eigenvalue weighted by Gasteiger charge is -2.32. The van der Waals surface area contributed by atoms with Gasteiger partial charge in [-0.15, -0.1) is 0 Å². The van der Waals surface area contributed by atoms with Crippen LogP contribution in [0.4, 0.5) is 10.5 Å². The summed E-state index contributed by atoms with van der Waals surface area (Å²) in [4.78, 5) is 43.0. The highest BCUT2D eigenvalue weighted by Gasteiger charge is 2.27. The van der Waals surface area contributed by atoms with E-state index in [-0.39, 0.29) is 17.9 Å². The number of hydrogen-bond acceptors (Lipinski definition) is 8. The molecule has 0 saturated carbocycles. The van der Waals surface area contributed by atoms with Gasteiger partial charge in [-0.3, -0.25) is 14.9 Å². The van der Waals surface area contributed by atoms with Crippen LogP contribution in [0.25, 0.3) is 27.9 Å². The van der Waals surface area contributed by atoms with Crippen LogP contribution in [0.2, 0.25) is 0 Å². The van der Waals surface area contributed by atoms with Crippen molar-refractivity contribution in [2.24, 2.45) is 0 Å². The minimum absolute atomic E-state index is 0.201. The van der Waals surface area contributed by atoms with Crippen molar-refractivity contribution in [3.05, 3.63) is 108 Å². The predicted octanol–water partition coefficient (Wildman–Crippen LogP) is 7.04. The molecule has 0 aliphatic carbocycles. The number of fused-ring (bicyclic) bond motifs is 1. The fraction of sp³-hybridized carbons (Fsp3) is 0.372. The number of carbonyl (C=O) groups excluding carboxylic acids is 3. The highest BCUT2D eigenvalue weighted by molar-refractivity contribution is 6.01. The SMILES string of the molecule is Cc1cc(-c2ncnn3cc(-c4cccc(CCN5CCC(c6ccc(NC7CCC(=O)NC7=O)cc6)CC5)c4)cc23)ccc1CNC(=O)OC(C)(C)C. The fourth-order valence-corrected chi connectivity index (χ4v) is 7.40. The summed E-state index contributed by atoms with van der Waals surface area (Å²) in [5, 5.41) is 13.1. The zero-order valence-electron chi connectivity index (χ0n) is 31.5. The number of alkyl carbamates (subject to hydrolysis) is 1. The van der Waals surface area contributed by atoms with E-state index in [1.54, 1.807) is 6.33 Å². The van der Waals surface area contributed by atoms with Crippen molar-refractivity contribution < 1.29 is 19.1 Å². The minimum Gasteiger partial charge on any atom is -0.444 e. The number of nitrogens with one attached hydrogen (secondary N) is 3. The van der Waals surface area contributed by atoms with Crippen molar-refractivity contribution >= 4 is 29.1 Å². The van der Waals surface area contributed by atoms with Crippen LogP contribution in [-0.2, 0) is 27.3 Å². The molecule has 2 aliphatic heterocycles. The number of likely N-dealkylation sites (tertiary alicyclic amines) is 1. The molecule has 0 radical (unpaired) electrons. The average molecular weight is 728 g/mol. The van der Waals surface area contributed by atoms with Crippen molar-refractivity contribution in [3.8, 4) is 22.4 Å². The summed E-state index contributed by atoms with van der Waals surface area (Å²) in [6.07, 6.45) is 7.32. The van der Waals surface area contributed by atoms with Crippen LogP contribution in [0.15, 0.2) is 85.3 Å². The lowest BCUT2D eigenvalue weighted by atomic mass is 9.89. The van der Waals surface area contributed by atoms with Crippen molar-refractivity contribution in [3.63, 3.8) is 0 Å². The molecule has 54 heavy (non-hydrogen) atoms. The quantitative estimate of drug-likeness (QED) is 0.131. The van der Waals surface area contributed by atoms with Gasteiger partial charge >= 0.3 is 6.09 Å². The number of imide groups is 1. The maximum Gasteiger partial charge on any atom is 0.407 e. The van der Waals surface area contributed by atoms with Gasteiger partial charge in [-0.2, -0.15) is 5.10 Å². The first-order chi connectivity index (χ1) is 26.0. The van der Waals surface area contributed by atoms with E-state index in [1.807, 2.05) is 56.5 Å². The second kappa shape index (κ2) is 15.8. The molecular weight excluding hydrogens is 679 g/mol. The second-order valence-electron chi connectivity index (χ2n) is 15.5. The van der Waals surface area contributed by atoms with Gasteiger partial charge in [-0.05, 0) is 124 Å². The zero-order valence-corrected chi connectivity index (χ0v) is 31.5. The predicted molar refractivity (Wildman–Crippen MR) is 210 cm³/mol. The Morgan fingerprint density at radius 3 is 2.48 bits per heavy atom. The molecular formula is C43H49N7O4. The summed E-state index contributed by atoms with van der Waals surface area (Å²) < 4.78 is 7.27. The van der Waals surface area contributed by atoms with Crippen LogP contribution in [0.1, 0.15) is 74.6 Å². The number of aryl methyl sites for hydroxylation is 1. The number of amides is 3. The highest BCUT2D eigenvalue weighted by atomic mass is 16.6. The van der Waals surface area contributed by atoms with Gasteiger partial charge in [0.1, 0.15) is 18.0 Å². The van der Waals surface area contributed by atoms with E-state index in [0.29, 0.717) is 25.3 Å². The van der Waals surface area contributed by atoms with Crippen molar-refractivity contribution in [1.82, 2.24) is 30.1 Å². The summed E-state index contributed by atoms with van der Waals surface area (Å²) in [7, 11) is 0. The first kappa shape index (κ1) is 36.8. The molecule has 0 bridgehead atoms. The van der Waals surface area contributed by atoms with Crippen LogP contribution in [-0.4, -0.2) is 68.7 Å². The smallest absolute Gasteiger partial charge is 0.407 e. The topological polar surface area (TPSA) is 130 Å². The summed E-state index contributed by atoms with van der Waals surface area (Å²) in [6.45, 7) is 11.1. The molecule has 4 heterocycles. The number of carbonyl (C=O) groups is 3. The molecule has 3 aromatic carbocycles. The molecule has 11 nitrogen and oxygen atoms in total. The molecule has 2 aliphatic rings. The molecule has 3 amide bonds. The van der Waals surface area contributed by atoms with Crippen LogP contribution in [0.3, 0.4) is 0 Å². The van der Waals surface area contributed by atoms with Crippen LogP contribution in [0, 0.1) is 6.92 Å². The Hall–Kier alpha value is -5.55. The molecule has 7 rings (SSSR count). The monoisotopic (exact) mass is 727 g/mol. The van der Waals surface area contributed by atoms with E-state index in [4.69, 9.17) is 4.74 Å². The Kier molecular flexibility index (Phi) is 10.8. The first-order valence-electron chi connectivity index (χ1n) is 18.9. The summed E-state index contributed by atoms with van der Waals surface area (Å²) in [5.74, 6) is 0.0710. The molecule has 1 atom stereocenters. The third-order valence-corrected chi connectivity index (χ3v) is 10.4. The number of hydrogen-bond donors (Lipinski definition) is 3. The third-order valence-electron chi connectivity index (χ3n) is 10.4. The average Bonchev–Trinajstić information content (AvgIpc) is 3.60. The Labute approximate surface area is 316 Å². The third kappa shape index (κ3) is 8.97. The van der Waals surface area contributed by atoms with E-state index in [1.165, 1.54) is 11.1 Å². The van der Waals surface area contributed by atoms with Gasteiger partial charge in [-0.25, -0.2) is 14.3 Å². The first-order valence-corrected chi connectivity index (χ1v) is 18.9. The maximum absolute atomic E-state index is 12.2. The molecule has 0 spiro atoms. The number of nitrogens with zero attached hydrogens (tertiary/aromatic N) is 4. The lowest BCUT2D eigenvalue weighted by Crippen LogP contribution is -2.47. The molecule has 280 valence electrons. The minimum atomic E-state index is -0.545. The molecule has 2 aromatic heterocycles. The lowest BCUT2D eigenvalue weighted by molar-refractivity contribution is -0.133. The second-order valence-corrected chi connectivity index (χ2v) is 15.5. The number of benzene rings is 3. The molecule has 11 heteroatoms. The molecule has 2 fully saturated rings. The van der Waals surface area contributed by atoms with Crippen LogP contribution in [0.5, 0.6) is 0 Å². The maximum atomic E-state index is 12.2. The summed E-state index contributed by atoms with van der Waals surface area (Å²) >= 11 is 0. The van der Waals surface area contributed by atoms with Crippen molar-refractivity contribution in [1.29, 1.82) is 0 Å². The van der Waals surface area contributed by atoms with Crippen LogP contribution < -0.4 is 16.0 Å². The fourth-order valence-electron chi connectivity index (χ4n) is 7.40. The van der Waals surface area contributed by atoms with Gasteiger partial charge in [0.05, 0.1) is 11.2 Å². The molecule has 5 aromatic rings. The van der Waals surface area contributed by atoms with Crippen molar-refractivity contribution in [2.75, 3.05) is 25.0 Å². The standard InChI is InChI=1S/C43H49N7O4/c1-28-22-33(8-9-34(28)25-44-42(53)54-43(2,3)4)40-38-24-35(26-50(38)46-27-45-40)32-7-5-6-29(23-32)16-19-49-20-17-31(18-21-49)30-10-12-36(13-11-30)47-37-14-15-39(51)48-41(37)52/h5-13,22-24,26-27,31,37,47H,14-21,25H2,1-4H3,(H,44,53)(H,48,51,52). The van der Waals surface area contributed by atoms with Gasteiger partial charge in [0, 0.05) is 42.5 Å². The van der Waals surface area contributed by atoms with E-state index in [9.17, 15) is 14.4 Å². The van der Waals surface area contributed by atoms with Gasteiger partial charge in [0.2, 0.25) is 11.8 Å². The van der Waals surface area contributed by atoms with Crippen molar-refractivity contribution in [2.45, 2.75) is 83.9 Å². The zero-order chi connectivity index (χ0) is 37.8. The largest absolute Gasteiger partial charge is 0.444 e. The Bertz CT molecular complexity index is 2150. The van der Waals surface area contributed by atoms with Crippen LogP contribution >= 0.6 is 0 Å². The number of aromatic nitrogens is 3. The Morgan fingerprint density at radius 2 is 1.74 bits per heavy atom. The van der Waals surface area contributed by atoms with E-state index in [2.05, 4.69) is 85.7 Å². The van der Waals surface area contributed by atoms with Gasteiger partial charge in [0.25, 0.3) is 0 Å². The molecule has 3 N–H and O–H groups in total.